The Kier molecular flexibility index (Phi) is 6.18. The minimum absolute atomic E-state index is 0.0366. The van der Waals surface area contributed by atoms with Crippen LogP contribution < -0.4 is 16.4 Å². The molecule has 1 aromatic carbocycles. The van der Waals surface area contributed by atoms with Gasteiger partial charge in [0.2, 0.25) is 5.91 Å². The van der Waals surface area contributed by atoms with Gasteiger partial charge in [-0.1, -0.05) is 26.0 Å². The number of nitrogens with one attached hydrogen (secondary N) is 2. The zero-order chi connectivity index (χ0) is 19.2. The Hall–Kier alpha value is -2.74. The number of aromatic nitrogens is 3. The average molecular weight is 385 g/mol. The number of benzene rings is 1. The summed E-state index contributed by atoms with van der Waals surface area (Å²) in [6.45, 7) is 4.61. The minimum Gasteiger partial charge on any atom is -0.375 e. The van der Waals surface area contributed by atoms with E-state index in [-0.39, 0.29) is 17.9 Å². The molecule has 0 unspecified atom stereocenters. The van der Waals surface area contributed by atoms with E-state index in [9.17, 15) is 4.79 Å². The van der Waals surface area contributed by atoms with Crippen molar-refractivity contribution < 1.29 is 4.79 Å². The number of anilines is 2. The van der Waals surface area contributed by atoms with Crippen LogP contribution in [0.4, 0.5) is 10.9 Å². The largest absolute Gasteiger partial charge is 0.375 e. The van der Waals surface area contributed by atoms with Gasteiger partial charge in [0.1, 0.15) is 18.2 Å². The molecule has 0 bridgehead atoms. The zero-order valence-electron chi connectivity index (χ0n) is 15.5. The molecule has 0 aliphatic heterocycles. The Balaban J connectivity index is 1.60. The molecule has 4 N–H and O–H groups in total. The molecule has 8 heteroatoms. The number of hydrogen-bond acceptors (Lipinski definition) is 7. The van der Waals surface area contributed by atoms with E-state index in [1.54, 1.807) is 0 Å². The van der Waals surface area contributed by atoms with Crippen molar-refractivity contribution in [3.05, 3.63) is 41.7 Å². The van der Waals surface area contributed by atoms with Crippen LogP contribution in [0, 0.1) is 5.92 Å². The maximum Gasteiger partial charge on any atom is 0.242 e. The summed E-state index contributed by atoms with van der Waals surface area (Å²) in [5.41, 5.74) is 7.45. The smallest absolute Gasteiger partial charge is 0.242 e. The van der Waals surface area contributed by atoms with Gasteiger partial charge in [-0.3, -0.25) is 4.79 Å². The van der Waals surface area contributed by atoms with Crippen LogP contribution in [0.5, 0.6) is 0 Å². The van der Waals surface area contributed by atoms with Crippen LogP contribution in [0.2, 0.25) is 0 Å². The van der Waals surface area contributed by atoms with Crippen molar-refractivity contribution in [2.24, 2.45) is 5.92 Å². The third-order valence-corrected chi connectivity index (χ3v) is 4.99. The second-order valence-corrected chi connectivity index (χ2v) is 7.57. The molecule has 0 saturated heterocycles. The third kappa shape index (κ3) is 4.91. The Bertz CT molecular complexity index is 905. The van der Waals surface area contributed by atoms with Crippen LogP contribution >= 0.6 is 11.3 Å². The van der Waals surface area contributed by atoms with Crippen LogP contribution in [-0.4, -0.2) is 33.4 Å². The lowest BCUT2D eigenvalue weighted by atomic mass is 10.0. The second kappa shape index (κ2) is 8.77. The Labute approximate surface area is 162 Å². The molecule has 7 nitrogen and oxygen atoms in total. The van der Waals surface area contributed by atoms with E-state index in [1.165, 1.54) is 17.7 Å². The van der Waals surface area contributed by atoms with Crippen LogP contribution in [0.3, 0.4) is 0 Å². The maximum absolute atomic E-state index is 12.7. The fourth-order valence-electron chi connectivity index (χ4n) is 2.83. The highest BCUT2D eigenvalue weighted by atomic mass is 32.1. The highest BCUT2D eigenvalue weighted by molar-refractivity contribution is 7.13. The number of nitrogen functional groups attached to an aromatic ring is 1. The molecule has 0 aliphatic rings. The van der Waals surface area contributed by atoms with E-state index in [0.29, 0.717) is 17.5 Å². The molecule has 0 radical (unpaired) electrons. The molecule has 0 saturated carbocycles. The molecule has 27 heavy (non-hydrogen) atoms. The molecule has 3 rings (SSSR count). The van der Waals surface area contributed by atoms with E-state index in [2.05, 4.69) is 25.6 Å². The number of nitrogens with two attached hydrogens (primary N) is 1. The topological polar surface area (TPSA) is 106 Å². The molecular weight excluding hydrogens is 360 g/mol. The quantitative estimate of drug-likeness (QED) is 0.516. The van der Waals surface area contributed by atoms with E-state index in [1.807, 2.05) is 43.5 Å². The fourth-order valence-corrected chi connectivity index (χ4v) is 3.43. The summed E-state index contributed by atoms with van der Waals surface area (Å²) in [5, 5.41) is 9.74. The summed E-state index contributed by atoms with van der Waals surface area (Å²) >= 11 is 1.44. The van der Waals surface area contributed by atoms with E-state index in [4.69, 9.17) is 5.73 Å². The molecule has 3 aromatic rings. The number of carbonyl (C=O) groups excluding carboxylic acids is 1. The summed E-state index contributed by atoms with van der Waals surface area (Å²) in [7, 11) is 0. The first-order chi connectivity index (χ1) is 13.0. The number of aryl methyl sites for hydroxylation is 1. The van der Waals surface area contributed by atoms with Crippen molar-refractivity contribution >= 4 is 39.1 Å². The van der Waals surface area contributed by atoms with Gasteiger partial charge in [0.25, 0.3) is 0 Å². The van der Waals surface area contributed by atoms with E-state index < -0.39 is 0 Å². The lowest BCUT2D eigenvalue weighted by Crippen LogP contribution is -2.43. The number of rotatable bonds is 8. The van der Waals surface area contributed by atoms with Gasteiger partial charge in [-0.25, -0.2) is 15.0 Å². The van der Waals surface area contributed by atoms with Gasteiger partial charge in [-0.2, -0.15) is 0 Å². The highest BCUT2D eigenvalue weighted by Gasteiger charge is 2.23. The minimum atomic E-state index is -0.377. The SMILES string of the molecule is CC(C)[C@@H](Nc1ncnc2ccccc12)C(=O)NCCCc1csc(N)n1. The molecule has 0 aliphatic carbocycles. The van der Waals surface area contributed by atoms with Gasteiger partial charge >= 0.3 is 0 Å². The summed E-state index contributed by atoms with van der Waals surface area (Å²) in [4.78, 5) is 25.5. The number of para-hydroxylation sites is 1. The first-order valence-electron chi connectivity index (χ1n) is 8.98. The van der Waals surface area contributed by atoms with Crippen molar-refractivity contribution in [3.8, 4) is 0 Å². The second-order valence-electron chi connectivity index (χ2n) is 6.68. The van der Waals surface area contributed by atoms with Crippen molar-refractivity contribution in [2.45, 2.75) is 32.7 Å². The van der Waals surface area contributed by atoms with Gasteiger partial charge < -0.3 is 16.4 Å². The number of amides is 1. The molecule has 1 amide bonds. The van der Waals surface area contributed by atoms with Gasteiger partial charge in [0.15, 0.2) is 5.13 Å². The lowest BCUT2D eigenvalue weighted by molar-refractivity contribution is -0.122. The molecule has 1 atom stereocenters. The first-order valence-corrected chi connectivity index (χ1v) is 9.86. The molecule has 2 heterocycles. The zero-order valence-corrected chi connectivity index (χ0v) is 16.3. The lowest BCUT2D eigenvalue weighted by Gasteiger charge is -2.22. The number of hydrogen-bond donors (Lipinski definition) is 3. The third-order valence-electron chi connectivity index (χ3n) is 4.26. The number of carbonyl (C=O) groups is 1. The summed E-state index contributed by atoms with van der Waals surface area (Å²) < 4.78 is 0. The van der Waals surface area contributed by atoms with Gasteiger partial charge in [0, 0.05) is 17.3 Å². The predicted octanol–water partition coefficient (Wildman–Crippen LogP) is 2.85. The van der Waals surface area contributed by atoms with E-state index in [0.717, 1.165) is 29.4 Å². The first kappa shape index (κ1) is 19.0. The summed E-state index contributed by atoms with van der Waals surface area (Å²) in [6, 6.07) is 7.37. The fraction of sp³-hybridized carbons (Fsp3) is 0.368. The van der Waals surface area contributed by atoms with Gasteiger partial charge in [-0.05, 0) is 30.9 Å². The molecule has 142 valence electrons. The maximum atomic E-state index is 12.7. The van der Waals surface area contributed by atoms with Crippen LogP contribution in [0.15, 0.2) is 36.0 Å². The highest BCUT2D eigenvalue weighted by Crippen LogP contribution is 2.20. The van der Waals surface area contributed by atoms with E-state index >= 15 is 0 Å². The number of thiazole rings is 1. The Morgan fingerprint density at radius 1 is 1.26 bits per heavy atom. The number of nitrogens with zero attached hydrogens (tertiary/aromatic N) is 3. The normalized spacial score (nSPS) is 12.3. The van der Waals surface area contributed by atoms with Crippen molar-refractivity contribution in [1.82, 2.24) is 20.3 Å². The molecule has 2 aromatic heterocycles. The predicted molar refractivity (Wildman–Crippen MR) is 110 cm³/mol. The summed E-state index contributed by atoms with van der Waals surface area (Å²) in [5.74, 6) is 0.745. The Morgan fingerprint density at radius 2 is 2.07 bits per heavy atom. The molecule has 0 fully saturated rings. The van der Waals surface area contributed by atoms with Crippen molar-refractivity contribution in [3.63, 3.8) is 0 Å². The molecule has 0 spiro atoms. The molecular formula is C19H24N6OS. The van der Waals surface area contributed by atoms with Gasteiger partial charge in [-0.15, -0.1) is 11.3 Å². The van der Waals surface area contributed by atoms with Crippen molar-refractivity contribution in [1.29, 1.82) is 0 Å². The van der Waals surface area contributed by atoms with Crippen LogP contribution in [-0.2, 0) is 11.2 Å². The Morgan fingerprint density at radius 3 is 2.81 bits per heavy atom. The summed E-state index contributed by atoms with van der Waals surface area (Å²) in [6.07, 6.45) is 3.12. The monoisotopic (exact) mass is 384 g/mol. The van der Waals surface area contributed by atoms with Gasteiger partial charge in [0.05, 0.1) is 11.2 Å². The average Bonchev–Trinajstić information content (AvgIpc) is 3.08. The van der Waals surface area contributed by atoms with Crippen LogP contribution in [0.1, 0.15) is 26.0 Å². The standard InChI is InChI=1S/C19H24N6OS/c1-12(2)16(18(26)21-9-5-6-13-10-27-19(20)24-13)25-17-14-7-3-4-8-15(14)22-11-23-17/h3-4,7-8,10-12,16H,5-6,9H2,1-2H3,(H2,20,24)(H,21,26)(H,22,23,25)/t16-/m1/s1. The van der Waals surface area contributed by atoms with Crippen LogP contribution in [0.25, 0.3) is 10.9 Å². The number of fused-ring (bicyclic) bond motifs is 1. The van der Waals surface area contributed by atoms with Crippen molar-refractivity contribution in [2.75, 3.05) is 17.6 Å².